The largest absolute Gasteiger partial charge is 0.472 e. The van der Waals surface area contributed by atoms with Crippen molar-refractivity contribution >= 4 is 5.91 Å². The molecule has 1 atom stereocenters. The number of carbonyl (C=O) groups is 1. The number of hydrogen-bond acceptors (Lipinski definition) is 3. The van der Waals surface area contributed by atoms with Crippen LogP contribution in [0.4, 0.5) is 0 Å². The molecule has 1 aliphatic heterocycles. The van der Waals surface area contributed by atoms with E-state index in [1.165, 1.54) is 24.0 Å². The third kappa shape index (κ3) is 4.62. The topological polar surface area (TPSA) is 36.7 Å². The van der Waals surface area contributed by atoms with Gasteiger partial charge in [-0.2, -0.15) is 0 Å². The van der Waals surface area contributed by atoms with Gasteiger partial charge in [-0.1, -0.05) is 18.6 Å². The van der Waals surface area contributed by atoms with Crippen molar-refractivity contribution in [3.8, 4) is 0 Å². The van der Waals surface area contributed by atoms with Gasteiger partial charge in [0.15, 0.2) is 0 Å². The second kappa shape index (κ2) is 8.75. The van der Waals surface area contributed by atoms with Crippen LogP contribution in [0.15, 0.2) is 47.3 Å². The Morgan fingerprint density at radius 3 is 2.41 bits per heavy atom. The van der Waals surface area contributed by atoms with Crippen molar-refractivity contribution in [1.29, 1.82) is 0 Å². The molecule has 1 saturated heterocycles. The number of carbonyl (C=O) groups excluding carboxylic acids is 1. The first-order valence-electron chi connectivity index (χ1n) is 10.1. The minimum Gasteiger partial charge on any atom is -0.472 e. The molecule has 1 aromatic heterocycles. The normalized spacial score (nSPS) is 18.2. The van der Waals surface area contributed by atoms with E-state index in [1.54, 1.807) is 6.26 Å². The van der Waals surface area contributed by atoms with Gasteiger partial charge >= 0.3 is 0 Å². The third-order valence-corrected chi connectivity index (χ3v) is 5.47. The summed E-state index contributed by atoms with van der Waals surface area (Å²) in [5, 5.41) is 0. The quantitative estimate of drug-likeness (QED) is 0.697. The Morgan fingerprint density at radius 1 is 1.11 bits per heavy atom. The zero-order valence-corrected chi connectivity index (χ0v) is 17.0. The molecule has 0 N–H and O–H groups in total. The van der Waals surface area contributed by atoms with Gasteiger partial charge in [-0.05, 0) is 70.8 Å². The van der Waals surface area contributed by atoms with E-state index >= 15 is 0 Å². The molecule has 2 aromatic rings. The predicted molar refractivity (Wildman–Crippen MR) is 109 cm³/mol. The molecule has 1 fully saturated rings. The maximum Gasteiger partial charge on any atom is 0.254 e. The number of amides is 1. The van der Waals surface area contributed by atoms with Crippen molar-refractivity contribution in [1.82, 2.24) is 9.80 Å². The number of nitrogens with zero attached hydrogens (tertiary/aromatic N) is 2. The van der Waals surface area contributed by atoms with Crippen LogP contribution in [-0.4, -0.2) is 34.3 Å². The van der Waals surface area contributed by atoms with Crippen molar-refractivity contribution < 1.29 is 9.21 Å². The van der Waals surface area contributed by atoms with Gasteiger partial charge in [0.2, 0.25) is 0 Å². The summed E-state index contributed by atoms with van der Waals surface area (Å²) in [4.78, 5) is 17.4. The summed E-state index contributed by atoms with van der Waals surface area (Å²) in [5.41, 5.74) is 3.30. The fraction of sp³-hybridized carbons (Fsp3) is 0.522. The Hall–Kier alpha value is -2.07. The first kappa shape index (κ1) is 19.7. The molecular weight excluding hydrogens is 336 g/mol. The fourth-order valence-corrected chi connectivity index (χ4v) is 4.24. The molecule has 146 valence electrons. The molecule has 1 aliphatic rings. The molecule has 2 heterocycles. The molecule has 0 bridgehead atoms. The highest BCUT2D eigenvalue weighted by molar-refractivity contribution is 5.94. The summed E-state index contributed by atoms with van der Waals surface area (Å²) in [6, 6.07) is 11.1. The van der Waals surface area contributed by atoms with E-state index in [0.717, 1.165) is 25.1 Å². The summed E-state index contributed by atoms with van der Waals surface area (Å²) in [6.45, 7) is 10.3. The summed E-state index contributed by atoms with van der Waals surface area (Å²) in [7, 11) is 0. The van der Waals surface area contributed by atoms with Crippen LogP contribution < -0.4 is 0 Å². The molecule has 0 saturated carbocycles. The molecule has 3 rings (SSSR count). The average molecular weight is 369 g/mol. The Balaban J connectivity index is 1.76. The Labute approximate surface area is 163 Å². The standard InChI is InChI=1S/C23H32N2O2/c1-17(2)25(18(3)4)23(26)21-10-8-20(9-11-21)22-7-5-6-13-24(22)15-19-12-14-27-16-19/h8-12,14,16-18,22H,5-7,13,15H2,1-4H3. The van der Waals surface area contributed by atoms with E-state index in [9.17, 15) is 4.79 Å². The highest BCUT2D eigenvalue weighted by Crippen LogP contribution is 2.32. The average Bonchev–Trinajstić information content (AvgIpc) is 3.15. The van der Waals surface area contributed by atoms with Crippen LogP contribution in [0.1, 0.15) is 74.5 Å². The smallest absolute Gasteiger partial charge is 0.254 e. The Morgan fingerprint density at radius 2 is 1.81 bits per heavy atom. The zero-order valence-electron chi connectivity index (χ0n) is 17.0. The molecular formula is C23H32N2O2. The van der Waals surface area contributed by atoms with Crippen LogP contribution in [0, 0.1) is 0 Å². The van der Waals surface area contributed by atoms with Crippen molar-refractivity contribution in [2.75, 3.05) is 6.54 Å². The highest BCUT2D eigenvalue weighted by Gasteiger charge is 2.25. The van der Waals surface area contributed by atoms with Crippen molar-refractivity contribution in [2.45, 2.75) is 71.6 Å². The third-order valence-electron chi connectivity index (χ3n) is 5.47. The van der Waals surface area contributed by atoms with Crippen molar-refractivity contribution in [2.24, 2.45) is 0 Å². The SMILES string of the molecule is CC(C)N(C(=O)c1ccc(C2CCCCN2Cc2ccoc2)cc1)C(C)C. The predicted octanol–water partition coefficient (Wildman–Crippen LogP) is 5.27. The highest BCUT2D eigenvalue weighted by atomic mass is 16.3. The monoisotopic (exact) mass is 368 g/mol. The van der Waals surface area contributed by atoms with Crippen LogP contribution in [-0.2, 0) is 6.54 Å². The van der Waals surface area contributed by atoms with Gasteiger partial charge in [0.1, 0.15) is 0 Å². The van der Waals surface area contributed by atoms with Crippen LogP contribution >= 0.6 is 0 Å². The van der Waals surface area contributed by atoms with Gasteiger partial charge in [-0.15, -0.1) is 0 Å². The van der Waals surface area contributed by atoms with Gasteiger partial charge in [0, 0.05) is 35.8 Å². The maximum atomic E-state index is 12.9. The summed E-state index contributed by atoms with van der Waals surface area (Å²) in [5.74, 6) is 0.116. The van der Waals surface area contributed by atoms with Gasteiger partial charge in [-0.25, -0.2) is 0 Å². The van der Waals surface area contributed by atoms with Gasteiger partial charge in [-0.3, -0.25) is 9.69 Å². The van der Waals surface area contributed by atoms with Crippen LogP contribution in [0.25, 0.3) is 0 Å². The minimum absolute atomic E-state index is 0.116. The van der Waals surface area contributed by atoms with E-state index in [2.05, 4.69) is 44.7 Å². The molecule has 1 amide bonds. The molecule has 0 radical (unpaired) electrons. The number of hydrogen-bond donors (Lipinski definition) is 0. The molecule has 1 unspecified atom stereocenters. The molecule has 0 aliphatic carbocycles. The Kier molecular flexibility index (Phi) is 6.38. The zero-order chi connectivity index (χ0) is 19.4. The molecule has 27 heavy (non-hydrogen) atoms. The van der Waals surface area contributed by atoms with E-state index in [-0.39, 0.29) is 18.0 Å². The van der Waals surface area contributed by atoms with E-state index in [4.69, 9.17) is 4.42 Å². The molecule has 0 spiro atoms. The van der Waals surface area contributed by atoms with E-state index in [1.807, 2.05) is 29.4 Å². The van der Waals surface area contributed by atoms with Crippen LogP contribution in [0.5, 0.6) is 0 Å². The van der Waals surface area contributed by atoms with Gasteiger partial charge in [0.25, 0.3) is 5.91 Å². The van der Waals surface area contributed by atoms with Crippen molar-refractivity contribution in [3.05, 3.63) is 59.5 Å². The number of rotatable bonds is 6. The lowest BCUT2D eigenvalue weighted by Crippen LogP contribution is -2.42. The number of benzene rings is 1. The van der Waals surface area contributed by atoms with E-state index in [0.29, 0.717) is 6.04 Å². The molecule has 1 aromatic carbocycles. The van der Waals surface area contributed by atoms with Gasteiger partial charge < -0.3 is 9.32 Å². The lowest BCUT2D eigenvalue weighted by atomic mass is 9.94. The number of piperidine rings is 1. The van der Waals surface area contributed by atoms with Crippen LogP contribution in [0.3, 0.4) is 0 Å². The lowest BCUT2D eigenvalue weighted by Gasteiger charge is -2.36. The Bertz CT molecular complexity index is 711. The second-order valence-electron chi connectivity index (χ2n) is 8.14. The first-order chi connectivity index (χ1) is 13.0. The second-order valence-corrected chi connectivity index (χ2v) is 8.14. The first-order valence-corrected chi connectivity index (χ1v) is 10.1. The minimum atomic E-state index is 0.116. The maximum absolute atomic E-state index is 12.9. The molecule has 4 nitrogen and oxygen atoms in total. The van der Waals surface area contributed by atoms with Crippen LogP contribution in [0.2, 0.25) is 0 Å². The number of furan rings is 1. The van der Waals surface area contributed by atoms with E-state index < -0.39 is 0 Å². The summed E-state index contributed by atoms with van der Waals surface area (Å²) < 4.78 is 5.23. The van der Waals surface area contributed by atoms with Gasteiger partial charge in [0.05, 0.1) is 12.5 Å². The number of likely N-dealkylation sites (tertiary alicyclic amines) is 1. The molecule has 4 heteroatoms. The van der Waals surface area contributed by atoms with Crippen molar-refractivity contribution in [3.63, 3.8) is 0 Å². The summed E-state index contributed by atoms with van der Waals surface area (Å²) in [6.07, 6.45) is 7.23. The fourth-order valence-electron chi connectivity index (χ4n) is 4.24. The summed E-state index contributed by atoms with van der Waals surface area (Å²) >= 11 is 0. The lowest BCUT2D eigenvalue weighted by molar-refractivity contribution is 0.0643.